The van der Waals surface area contributed by atoms with Gasteiger partial charge in [-0.3, -0.25) is 0 Å². The van der Waals surface area contributed by atoms with E-state index in [0.29, 0.717) is 5.78 Å². The van der Waals surface area contributed by atoms with Crippen molar-refractivity contribution in [2.45, 2.75) is 31.7 Å². The van der Waals surface area contributed by atoms with Crippen LogP contribution in [-0.4, -0.2) is 50.7 Å². The van der Waals surface area contributed by atoms with Crippen molar-refractivity contribution in [2.24, 2.45) is 0 Å². The van der Waals surface area contributed by atoms with Gasteiger partial charge >= 0.3 is 0 Å². The zero-order chi connectivity index (χ0) is 13.5. The van der Waals surface area contributed by atoms with Crippen LogP contribution < -0.4 is 5.32 Å². The van der Waals surface area contributed by atoms with Gasteiger partial charge in [-0.25, -0.2) is 4.98 Å². The molecule has 1 N–H and O–H groups in total. The first-order chi connectivity index (χ1) is 9.11. The Morgan fingerprint density at radius 1 is 1.42 bits per heavy atom. The van der Waals surface area contributed by atoms with E-state index in [2.05, 4.69) is 39.4 Å². The Labute approximate surface area is 112 Å². The molecule has 2 aromatic rings. The van der Waals surface area contributed by atoms with Crippen LogP contribution in [0.4, 0.5) is 5.82 Å². The van der Waals surface area contributed by atoms with Crippen LogP contribution in [0.15, 0.2) is 12.4 Å². The Morgan fingerprint density at radius 3 is 2.84 bits per heavy atom. The number of hydrogen-bond donors (Lipinski definition) is 1. The number of nitrogens with zero attached hydrogens (tertiary/aromatic N) is 5. The molecule has 0 saturated heterocycles. The van der Waals surface area contributed by atoms with E-state index >= 15 is 0 Å². The molecule has 6 heteroatoms. The fraction of sp³-hybridized carbons (Fsp3) is 0.615. The highest BCUT2D eigenvalue weighted by Crippen LogP contribution is 2.36. The zero-order valence-electron chi connectivity index (χ0n) is 11.7. The second-order valence-electron chi connectivity index (χ2n) is 5.58. The molecule has 1 aliphatic rings. The molecule has 2 heterocycles. The summed E-state index contributed by atoms with van der Waals surface area (Å²) in [7, 11) is 4.31. The van der Waals surface area contributed by atoms with E-state index < -0.39 is 0 Å². The lowest BCUT2D eigenvalue weighted by Gasteiger charge is -2.47. The molecule has 0 atom stereocenters. The lowest BCUT2D eigenvalue weighted by atomic mass is 9.75. The van der Waals surface area contributed by atoms with Gasteiger partial charge in [-0.15, -0.1) is 0 Å². The molecule has 2 aromatic heterocycles. The van der Waals surface area contributed by atoms with Crippen LogP contribution in [0.25, 0.3) is 5.78 Å². The number of fused-ring (bicyclic) bond motifs is 1. The van der Waals surface area contributed by atoms with Gasteiger partial charge in [0.2, 0.25) is 0 Å². The minimum atomic E-state index is 0.282. The number of rotatable bonds is 4. The summed E-state index contributed by atoms with van der Waals surface area (Å²) in [6.45, 7) is 2.91. The number of likely N-dealkylation sites (N-methyl/N-ethyl adjacent to an activating group) is 1. The summed E-state index contributed by atoms with van der Waals surface area (Å²) >= 11 is 0. The van der Waals surface area contributed by atoms with Crippen molar-refractivity contribution in [3.63, 3.8) is 0 Å². The summed E-state index contributed by atoms with van der Waals surface area (Å²) in [4.78, 5) is 10.8. The van der Waals surface area contributed by atoms with E-state index in [-0.39, 0.29) is 5.54 Å². The molecule has 19 heavy (non-hydrogen) atoms. The zero-order valence-corrected chi connectivity index (χ0v) is 11.7. The fourth-order valence-corrected chi connectivity index (χ4v) is 2.68. The van der Waals surface area contributed by atoms with E-state index in [0.717, 1.165) is 18.1 Å². The molecule has 1 aliphatic carbocycles. The molecular formula is C13H20N6. The summed E-state index contributed by atoms with van der Waals surface area (Å²) in [6.07, 6.45) is 5.35. The number of hydrogen-bond acceptors (Lipinski definition) is 5. The predicted molar refractivity (Wildman–Crippen MR) is 74.3 cm³/mol. The van der Waals surface area contributed by atoms with Crippen molar-refractivity contribution in [1.82, 2.24) is 24.5 Å². The smallest absolute Gasteiger partial charge is 0.254 e. The lowest BCUT2D eigenvalue weighted by Crippen LogP contribution is -2.54. The molecule has 6 nitrogen and oxygen atoms in total. The van der Waals surface area contributed by atoms with Gasteiger partial charge in [0.15, 0.2) is 0 Å². The molecule has 102 valence electrons. The van der Waals surface area contributed by atoms with Crippen LogP contribution in [-0.2, 0) is 0 Å². The third kappa shape index (κ3) is 2.06. The normalized spacial score (nSPS) is 17.7. The van der Waals surface area contributed by atoms with Gasteiger partial charge in [0.25, 0.3) is 5.78 Å². The van der Waals surface area contributed by atoms with Gasteiger partial charge in [0, 0.05) is 23.8 Å². The summed E-state index contributed by atoms with van der Waals surface area (Å²) in [5.74, 6) is 1.61. The number of nitrogens with one attached hydrogen (secondary N) is 1. The van der Waals surface area contributed by atoms with Gasteiger partial charge in [-0.1, -0.05) is 0 Å². The number of anilines is 1. The first-order valence-corrected chi connectivity index (χ1v) is 6.69. The maximum absolute atomic E-state index is 4.35. The monoisotopic (exact) mass is 260 g/mol. The van der Waals surface area contributed by atoms with Crippen LogP contribution >= 0.6 is 0 Å². The standard InChI is InChI=1S/C13H20N6/c1-10-7-11(19-12(17-10)15-9-16-19)14-8-13(18(2)3)5-4-6-13/h7,9,14H,4-6,8H2,1-3H3. The quantitative estimate of drug-likeness (QED) is 0.898. The van der Waals surface area contributed by atoms with Crippen molar-refractivity contribution in [2.75, 3.05) is 26.0 Å². The van der Waals surface area contributed by atoms with Gasteiger partial charge in [-0.05, 0) is 40.3 Å². The highest BCUT2D eigenvalue weighted by molar-refractivity contribution is 5.45. The summed E-state index contributed by atoms with van der Waals surface area (Å²) in [5.41, 5.74) is 1.24. The maximum Gasteiger partial charge on any atom is 0.254 e. The van der Waals surface area contributed by atoms with Crippen molar-refractivity contribution >= 4 is 11.6 Å². The van der Waals surface area contributed by atoms with Gasteiger partial charge in [-0.2, -0.15) is 14.6 Å². The molecule has 0 radical (unpaired) electrons. The Balaban J connectivity index is 1.83. The molecule has 0 spiro atoms. The van der Waals surface area contributed by atoms with Crippen LogP contribution in [0, 0.1) is 6.92 Å². The van der Waals surface area contributed by atoms with Crippen LogP contribution in [0.5, 0.6) is 0 Å². The Hall–Kier alpha value is -1.69. The van der Waals surface area contributed by atoms with Crippen molar-refractivity contribution in [3.8, 4) is 0 Å². The van der Waals surface area contributed by atoms with E-state index in [1.165, 1.54) is 25.6 Å². The Morgan fingerprint density at radius 2 is 2.21 bits per heavy atom. The molecule has 0 aromatic carbocycles. The molecule has 0 amide bonds. The molecule has 3 rings (SSSR count). The highest BCUT2D eigenvalue weighted by Gasteiger charge is 2.38. The third-order valence-corrected chi connectivity index (χ3v) is 4.21. The van der Waals surface area contributed by atoms with Crippen molar-refractivity contribution < 1.29 is 0 Å². The van der Waals surface area contributed by atoms with E-state index in [1.807, 2.05) is 13.0 Å². The molecule has 0 bridgehead atoms. The third-order valence-electron chi connectivity index (χ3n) is 4.21. The highest BCUT2D eigenvalue weighted by atomic mass is 15.4. The minimum Gasteiger partial charge on any atom is -0.368 e. The van der Waals surface area contributed by atoms with Gasteiger partial charge in [0.1, 0.15) is 12.1 Å². The average Bonchev–Trinajstić information content (AvgIpc) is 2.74. The predicted octanol–water partition coefficient (Wildman–Crippen LogP) is 1.33. The number of aromatic nitrogens is 4. The molecule has 0 unspecified atom stereocenters. The minimum absolute atomic E-state index is 0.282. The van der Waals surface area contributed by atoms with Crippen LogP contribution in [0.1, 0.15) is 25.0 Å². The first-order valence-electron chi connectivity index (χ1n) is 6.69. The topological polar surface area (TPSA) is 58.4 Å². The summed E-state index contributed by atoms with van der Waals surface area (Å²) in [5, 5.41) is 7.73. The average molecular weight is 260 g/mol. The van der Waals surface area contributed by atoms with Crippen molar-refractivity contribution in [3.05, 3.63) is 18.1 Å². The fourth-order valence-electron chi connectivity index (χ4n) is 2.68. The van der Waals surface area contributed by atoms with E-state index in [4.69, 9.17) is 0 Å². The van der Waals surface area contributed by atoms with E-state index in [1.54, 1.807) is 4.52 Å². The maximum atomic E-state index is 4.35. The van der Waals surface area contributed by atoms with Gasteiger partial charge in [0.05, 0.1) is 0 Å². The largest absolute Gasteiger partial charge is 0.368 e. The van der Waals surface area contributed by atoms with Crippen molar-refractivity contribution in [1.29, 1.82) is 0 Å². The number of aryl methyl sites for hydroxylation is 1. The molecular weight excluding hydrogens is 240 g/mol. The van der Waals surface area contributed by atoms with Gasteiger partial charge < -0.3 is 10.2 Å². The molecule has 1 fully saturated rings. The van der Waals surface area contributed by atoms with Crippen LogP contribution in [0.3, 0.4) is 0 Å². The Kier molecular flexibility index (Phi) is 2.89. The van der Waals surface area contributed by atoms with E-state index in [9.17, 15) is 0 Å². The molecule has 1 saturated carbocycles. The SMILES string of the molecule is Cc1cc(NCC2(N(C)C)CCC2)n2ncnc2n1. The lowest BCUT2D eigenvalue weighted by molar-refractivity contribution is 0.0738. The van der Waals surface area contributed by atoms with Crippen LogP contribution in [0.2, 0.25) is 0 Å². The second-order valence-corrected chi connectivity index (χ2v) is 5.58. The molecule has 0 aliphatic heterocycles. The Bertz CT molecular complexity index is 584. The second kappa shape index (κ2) is 4.45. The summed E-state index contributed by atoms with van der Waals surface area (Å²) < 4.78 is 1.76. The first kappa shape index (κ1) is 12.3. The summed E-state index contributed by atoms with van der Waals surface area (Å²) in [6, 6.07) is 2.02.